The number of alkyl carbamates (subject to hydrolysis) is 1. The Labute approximate surface area is 205 Å². The quantitative estimate of drug-likeness (QED) is 0.547. The third-order valence-electron chi connectivity index (χ3n) is 5.61. The van der Waals surface area contributed by atoms with Gasteiger partial charge in [0.2, 0.25) is 13.0 Å². The summed E-state index contributed by atoms with van der Waals surface area (Å²) in [5.41, 5.74) is 2.61. The van der Waals surface area contributed by atoms with Gasteiger partial charge in [-0.25, -0.2) is 9.79 Å². The highest BCUT2D eigenvalue weighted by atomic mass is 16.7. The highest BCUT2D eigenvalue weighted by Crippen LogP contribution is 2.35. The van der Waals surface area contributed by atoms with Crippen LogP contribution in [0.3, 0.4) is 0 Å². The van der Waals surface area contributed by atoms with E-state index >= 15 is 0 Å². The minimum atomic E-state index is -1.43. The van der Waals surface area contributed by atoms with Crippen molar-refractivity contribution in [3.63, 3.8) is 0 Å². The monoisotopic (exact) mass is 487 g/mol. The first-order valence-corrected chi connectivity index (χ1v) is 11.1. The zero-order valence-electron chi connectivity index (χ0n) is 18.9. The summed E-state index contributed by atoms with van der Waals surface area (Å²) in [5, 5.41) is 12.0. The smallest absolute Gasteiger partial charge is 0.409 e. The van der Waals surface area contributed by atoms with E-state index in [1.807, 2.05) is 18.2 Å². The van der Waals surface area contributed by atoms with Crippen LogP contribution in [0.2, 0.25) is 0 Å². The molecule has 0 fully saturated rings. The first-order valence-electron chi connectivity index (χ1n) is 11.1. The van der Waals surface area contributed by atoms with Crippen molar-refractivity contribution in [2.45, 2.75) is 12.8 Å². The molecule has 2 N–H and O–H groups in total. The maximum absolute atomic E-state index is 13.5. The lowest BCUT2D eigenvalue weighted by Gasteiger charge is -2.23. The summed E-state index contributed by atoms with van der Waals surface area (Å²) in [6, 6.07) is 21.1. The van der Waals surface area contributed by atoms with E-state index in [-0.39, 0.29) is 13.4 Å². The van der Waals surface area contributed by atoms with E-state index in [1.54, 1.807) is 54.6 Å². The van der Waals surface area contributed by atoms with Crippen molar-refractivity contribution in [2.75, 3.05) is 18.2 Å². The van der Waals surface area contributed by atoms with Crippen LogP contribution in [-0.2, 0) is 20.9 Å². The lowest BCUT2D eigenvalue weighted by molar-refractivity contribution is -0.136. The normalized spacial score (nSPS) is 16.0. The number of anilines is 1. The van der Waals surface area contributed by atoms with Crippen LogP contribution in [0.25, 0.3) is 0 Å². The summed E-state index contributed by atoms with van der Waals surface area (Å²) < 4.78 is 16.1. The molecule has 0 saturated carbocycles. The average molecular weight is 487 g/mol. The fourth-order valence-electron chi connectivity index (χ4n) is 3.97. The predicted molar refractivity (Wildman–Crippen MR) is 128 cm³/mol. The Hall–Kier alpha value is -4.86. The van der Waals surface area contributed by atoms with E-state index in [4.69, 9.17) is 14.2 Å². The number of rotatable bonds is 6. The minimum Gasteiger partial charge on any atom is -0.480 e. The summed E-state index contributed by atoms with van der Waals surface area (Å²) in [6.45, 7) is -0.535. The second-order valence-corrected chi connectivity index (χ2v) is 7.99. The average Bonchev–Trinajstić information content (AvgIpc) is 3.33. The zero-order chi connectivity index (χ0) is 25.1. The number of carbonyl (C=O) groups is 3. The number of aliphatic imine (C=N–C) groups is 1. The molecular formula is C26H21N3O7. The zero-order valence-corrected chi connectivity index (χ0v) is 18.9. The van der Waals surface area contributed by atoms with Crippen LogP contribution in [-0.4, -0.2) is 48.3 Å². The number of nitrogens with zero attached hydrogens (tertiary/aromatic N) is 2. The molecule has 2 amide bonds. The van der Waals surface area contributed by atoms with Gasteiger partial charge >= 0.3 is 12.1 Å². The van der Waals surface area contributed by atoms with E-state index in [1.165, 1.54) is 0 Å². The highest BCUT2D eigenvalue weighted by Gasteiger charge is 2.34. The standard InChI is InChI=1S/C26H21N3O7/c30-22(31)13-29-19-9-5-4-8-18(19)23(17-10-11-20-21(12-17)36-15-35-20)27-24(25(29)32)28-26(33)34-14-16-6-2-1-3-7-16/h1-12,24H,13-15H2,(H,28,33)(H,30,31). The molecule has 0 saturated heterocycles. The van der Waals surface area contributed by atoms with Gasteiger partial charge in [-0.2, -0.15) is 0 Å². The first-order chi connectivity index (χ1) is 17.5. The molecule has 36 heavy (non-hydrogen) atoms. The molecule has 5 rings (SSSR count). The SMILES string of the molecule is O=C(O)CN1C(=O)C(NC(=O)OCc2ccccc2)N=C(c2ccc3c(c2)OCO3)c2ccccc21. The second-order valence-electron chi connectivity index (χ2n) is 7.99. The van der Waals surface area contributed by atoms with E-state index in [2.05, 4.69) is 10.3 Å². The Morgan fingerprint density at radius 2 is 1.78 bits per heavy atom. The van der Waals surface area contributed by atoms with Crippen molar-refractivity contribution in [2.24, 2.45) is 4.99 Å². The molecule has 0 aliphatic carbocycles. The molecule has 0 radical (unpaired) electrons. The summed E-state index contributed by atoms with van der Waals surface area (Å²) in [5.74, 6) is -0.839. The molecule has 10 nitrogen and oxygen atoms in total. The summed E-state index contributed by atoms with van der Waals surface area (Å²) >= 11 is 0. The van der Waals surface area contributed by atoms with Crippen molar-refractivity contribution >= 4 is 29.4 Å². The van der Waals surface area contributed by atoms with Crippen molar-refractivity contribution in [3.8, 4) is 11.5 Å². The number of hydrogen-bond acceptors (Lipinski definition) is 7. The minimum absolute atomic E-state index is 0.00855. The van der Waals surface area contributed by atoms with Crippen LogP contribution in [0.4, 0.5) is 10.5 Å². The van der Waals surface area contributed by atoms with Crippen molar-refractivity contribution < 1.29 is 33.7 Å². The fraction of sp³-hybridized carbons (Fsp3) is 0.154. The van der Waals surface area contributed by atoms with Crippen LogP contribution in [0.1, 0.15) is 16.7 Å². The predicted octanol–water partition coefficient (Wildman–Crippen LogP) is 2.94. The molecule has 0 spiro atoms. The molecule has 3 aromatic carbocycles. The summed E-state index contributed by atoms with van der Waals surface area (Å²) in [6.07, 6.45) is -2.30. The van der Waals surface area contributed by atoms with Crippen molar-refractivity contribution in [1.82, 2.24) is 5.32 Å². The molecule has 1 atom stereocenters. The number of fused-ring (bicyclic) bond motifs is 2. The Balaban J connectivity index is 1.51. The molecule has 10 heteroatoms. The van der Waals surface area contributed by atoms with Crippen LogP contribution >= 0.6 is 0 Å². The third-order valence-corrected chi connectivity index (χ3v) is 5.61. The molecular weight excluding hydrogens is 466 g/mol. The molecule has 1 unspecified atom stereocenters. The number of nitrogens with one attached hydrogen (secondary N) is 1. The maximum atomic E-state index is 13.5. The number of carboxylic acids is 1. The number of ether oxygens (including phenoxy) is 3. The van der Waals surface area contributed by atoms with Gasteiger partial charge in [-0.3, -0.25) is 19.8 Å². The van der Waals surface area contributed by atoms with Gasteiger partial charge in [-0.05, 0) is 29.8 Å². The Kier molecular flexibility index (Phi) is 6.23. The van der Waals surface area contributed by atoms with Gasteiger partial charge in [0.25, 0.3) is 5.91 Å². The molecule has 2 aliphatic heterocycles. The van der Waals surface area contributed by atoms with Gasteiger partial charge < -0.3 is 19.3 Å². The molecule has 0 bridgehead atoms. The van der Waals surface area contributed by atoms with Gasteiger partial charge in [0, 0.05) is 11.1 Å². The molecule has 0 aromatic heterocycles. The molecule has 3 aromatic rings. The van der Waals surface area contributed by atoms with Crippen molar-refractivity contribution in [3.05, 3.63) is 89.5 Å². The van der Waals surface area contributed by atoms with E-state index in [0.717, 1.165) is 10.5 Å². The van der Waals surface area contributed by atoms with Crippen LogP contribution in [0.5, 0.6) is 11.5 Å². The fourth-order valence-corrected chi connectivity index (χ4v) is 3.97. The maximum Gasteiger partial charge on any atom is 0.409 e. The molecule has 2 aliphatic rings. The highest BCUT2D eigenvalue weighted by molar-refractivity contribution is 6.21. The van der Waals surface area contributed by atoms with Gasteiger partial charge in [0.05, 0.1) is 11.4 Å². The number of aliphatic carboxylic acids is 1. The van der Waals surface area contributed by atoms with E-state index in [0.29, 0.717) is 34.0 Å². The van der Waals surface area contributed by atoms with Crippen LogP contribution in [0.15, 0.2) is 77.8 Å². The van der Waals surface area contributed by atoms with Crippen molar-refractivity contribution in [1.29, 1.82) is 0 Å². The number of carbonyl (C=O) groups excluding carboxylic acids is 2. The number of hydrogen-bond donors (Lipinski definition) is 2. The van der Waals surface area contributed by atoms with Gasteiger partial charge in [-0.1, -0.05) is 48.5 Å². The van der Waals surface area contributed by atoms with E-state index in [9.17, 15) is 19.5 Å². The van der Waals surface area contributed by atoms with Crippen LogP contribution in [0, 0.1) is 0 Å². The van der Waals surface area contributed by atoms with Gasteiger partial charge in [-0.15, -0.1) is 0 Å². The number of para-hydroxylation sites is 1. The lowest BCUT2D eigenvalue weighted by Crippen LogP contribution is -2.49. The van der Waals surface area contributed by atoms with E-state index < -0.39 is 30.7 Å². The number of benzene rings is 3. The lowest BCUT2D eigenvalue weighted by atomic mass is 9.99. The number of amides is 2. The third kappa shape index (κ3) is 4.69. The van der Waals surface area contributed by atoms with Gasteiger partial charge in [0.15, 0.2) is 11.5 Å². The topological polar surface area (TPSA) is 127 Å². The number of carboxylic acid groups (broad SMARTS) is 1. The number of benzodiazepines with no additional fused rings is 1. The largest absolute Gasteiger partial charge is 0.480 e. The molecule has 2 heterocycles. The van der Waals surface area contributed by atoms with Crippen LogP contribution < -0.4 is 19.7 Å². The Morgan fingerprint density at radius 3 is 2.58 bits per heavy atom. The molecule has 182 valence electrons. The first kappa shape index (κ1) is 22.9. The summed E-state index contributed by atoms with van der Waals surface area (Å²) in [7, 11) is 0. The summed E-state index contributed by atoms with van der Waals surface area (Å²) in [4.78, 5) is 43.4. The Morgan fingerprint density at radius 1 is 1.03 bits per heavy atom. The van der Waals surface area contributed by atoms with Gasteiger partial charge in [0.1, 0.15) is 13.2 Å². The Bertz CT molecular complexity index is 1360. The second kappa shape index (κ2) is 9.79.